The summed E-state index contributed by atoms with van der Waals surface area (Å²) in [5, 5.41) is 0. The molecule has 0 aliphatic heterocycles. The molecule has 1 aliphatic rings. The predicted molar refractivity (Wildman–Crippen MR) is 69.7 cm³/mol. The van der Waals surface area contributed by atoms with Gasteiger partial charge in [-0.2, -0.15) is 0 Å². The molecule has 0 radical (unpaired) electrons. The molecule has 0 aromatic carbocycles. The predicted octanol–water partition coefficient (Wildman–Crippen LogP) is 1.13. The lowest BCUT2D eigenvalue weighted by atomic mass is 9.75. The van der Waals surface area contributed by atoms with E-state index in [0.717, 1.165) is 19.5 Å². The highest BCUT2D eigenvalue weighted by Crippen LogP contribution is 2.36. The zero-order valence-corrected chi connectivity index (χ0v) is 11.2. The minimum absolute atomic E-state index is 0.321. The number of likely N-dealkylation sites (N-methyl/N-ethyl adjacent to an activating group) is 2. The summed E-state index contributed by atoms with van der Waals surface area (Å²) in [6.45, 7) is 3.92. The first-order valence-electron chi connectivity index (χ1n) is 6.20. The molecular weight excluding hydrogens is 200 g/mol. The molecule has 2 N–H and O–H groups in total. The molecule has 0 atom stereocenters. The Kier molecular flexibility index (Phi) is 4.59. The van der Waals surface area contributed by atoms with Gasteiger partial charge in [-0.1, -0.05) is 6.92 Å². The summed E-state index contributed by atoms with van der Waals surface area (Å²) in [5.74, 6) is 0.676. The Hall–Kier alpha value is -0.770. The Morgan fingerprint density at radius 2 is 1.94 bits per heavy atom. The number of aliphatic imine (C=N–C) groups is 1. The van der Waals surface area contributed by atoms with Crippen LogP contribution in [0.4, 0.5) is 0 Å². The molecule has 4 heteroatoms. The highest BCUT2D eigenvalue weighted by molar-refractivity contribution is 5.77. The first kappa shape index (κ1) is 13.3. The van der Waals surface area contributed by atoms with Crippen LogP contribution < -0.4 is 5.73 Å². The quantitative estimate of drug-likeness (QED) is 0.564. The van der Waals surface area contributed by atoms with E-state index in [-0.39, 0.29) is 0 Å². The third kappa shape index (κ3) is 2.88. The zero-order chi connectivity index (χ0) is 12.2. The molecule has 1 rings (SSSR count). The Bertz CT molecular complexity index is 243. The van der Waals surface area contributed by atoms with Crippen LogP contribution in [0.1, 0.15) is 32.6 Å². The topological polar surface area (TPSA) is 44.9 Å². The molecule has 0 saturated heterocycles. The van der Waals surface area contributed by atoms with Crippen molar-refractivity contribution in [2.24, 2.45) is 10.7 Å². The molecular formula is C12H26N4. The minimum Gasteiger partial charge on any atom is -0.370 e. The number of hydrogen-bond acceptors (Lipinski definition) is 2. The van der Waals surface area contributed by atoms with Gasteiger partial charge in [-0.25, -0.2) is 0 Å². The second-order valence-electron chi connectivity index (χ2n) is 5.07. The maximum atomic E-state index is 5.95. The Labute approximate surface area is 99.5 Å². The van der Waals surface area contributed by atoms with Gasteiger partial charge in [0.2, 0.25) is 0 Å². The van der Waals surface area contributed by atoms with E-state index in [1.54, 1.807) is 0 Å². The van der Waals surface area contributed by atoms with E-state index < -0.39 is 0 Å². The Morgan fingerprint density at radius 3 is 2.31 bits per heavy atom. The summed E-state index contributed by atoms with van der Waals surface area (Å²) in [7, 11) is 6.36. The fourth-order valence-corrected chi connectivity index (χ4v) is 2.20. The summed E-state index contributed by atoms with van der Waals surface area (Å²) in [6.07, 6.45) is 4.92. The summed E-state index contributed by atoms with van der Waals surface area (Å²) in [5.41, 5.74) is 6.27. The van der Waals surface area contributed by atoms with Crippen LogP contribution in [0.2, 0.25) is 0 Å². The van der Waals surface area contributed by atoms with Crippen LogP contribution in [0.3, 0.4) is 0 Å². The van der Waals surface area contributed by atoms with Gasteiger partial charge in [0.25, 0.3) is 0 Å². The smallest absolute Gasteiger partial charge is 0.191 e. The molecule has 4 nitrogen and oxygen atoms in total. The van der Waals surface area contributed by atoms with Crippen molar-refractivity contribution in [1.29, 1.82) is 0 Å². The van der Waals surface area contributed by atoms with Crippen molar-refractivity contribution in [1.82, 2.24) is 9.80 Å². The molecule has 0 heterocycles. The number of hydrogen-bond donors (Lipinski definition) is 1. The monoisotopic (exact) mass is 226 g/mol. The largest absolute Gasteiger partial charge is 0.370 e. The van der Waals surface area contributed by atoms with Crippen LogP contribution >= 0.6 is 0 Å². The highest BCUT2D eigenvalue weighted by atomic mass is 15.3. The van der Waals surface area contributed by atoms with E-state index in [4.69, 9.17) is 5.73 Å². The Balaban J connectivity index is 2.52. The third-order valence-corrected chi connectivity index (χ3v) is 3.65. The van der Waals surface area contributed by atoms with Crippen LogP contribution in [0.15, 0.2) is 4.99 Å². The van der Waals surface area contributed by atoms with Crippen molar-refractivity contribution in [2.45, 2.75) is 38.1 Å². The van der Waals surface area contributed by atoms with Crippen molar-refractivity contribution in [2.75, 3.05) is 34.2 Å². The average molecular weight is 226 g/mol. The van der Waals surface area contributed by atoms with Gasteiger partial charge in [0.15, 0.2) is 5.96 Å². The van der Waals surface area contributed by atoms with Crippen molar-refractivity contribution >= 4 is 5.96 Å². The molecule has 94 valence electrons. The van der Waals surface area contributed by atoms with E-state index >= 15 is 0 Å². The maximum absolute atomic E-state index is 5.95. The molecule has 16 heavy (non-hydrogen) atoms. The lowest BCUT2D eigenvalue weighted by Gasteiger charge is -2.49. The van der Waals surface area contributed by atoms with Crippen molar-refractivity contribution in [3.63, 3.8) is 0 Å². The van der Waals surface area contributed by atoms with Crippen LogP contribution in [0.5, 0.6) is 0 Å². The number of guanidine groups is 1. The van der Waals surface area contributed by atoms with Gasteiger partial charge in [-0.3, -0.25) is 4.99 Å². The van der Waals surface area contributed by atoms with Crippen LogP contribution in [-0.4, -0.2) is 55.5 Å². The Morgan fingerprint density at radius 1 is 1.31 bits per heavy atom. The average Bonchev–Trinajstić information content (AvgIpc) is 2.18. The van der Waals surface area contributed by atoms with Crippen molar-refractivity contribution in [3.8, 4) is 0 Å². The fourth-order valence-electron chi connectivity index (χ4n) is 2.20. The van der Waals surface area contributed by atoms with E-state index in [1.165, 1.54) is 19.3 Å². The molecule has 1 saturated carbocycles. The molecule has 0 aromatic heterocycles. The lowest BCUT2D eigenvalue weighted by Crippen LogP contribution is -2.58. The van der Waals surface area contributed by atoms with Gasteiger partial charge < -0.3 is 15.5 Å². The van der Waals surface area contributed by atoms with Gasteiger partial charge in [-0.15, -0.1) is 0 Å². The normalized spacial score (nSPS) is 19.7. The minimum atomic E-state index is 0.321. The first-order chi connectivity index (χ1) is 7.52. The zero-order valence-electron chi connectivity index (χ0n) is 11.2. The van der Waals surface area contributed by atoms with Gasteiger partial charge in [0.1, 0.15) is 0 Å². The molecule has 1 fully saturated rings. The summed E-state index contributed by atoms with van der Waals surface area (Å²) >= 11 is 0. The molecule has 0 unspecified atom stereocenters. The summed E-state index contributed by atoms with van der Waals surface area (Å²) in [4.78, 5) is 8.77. The van der Waals surface area contributed by atoms with Gasteiger partial charge >= 0.3 is 0 Å². The van der Waals surface area contributed by atoms with E-state index in [1.807, 2.05) is 7.05 Å². The van der Waals surface area contributed by atoms with Crippen LogP contribution in [0.25, 0.3) is 0 Å². The fraction of sp³-hybridized carbons (Fsp3) is 0.917. The van der Waals surface area contributed by atoms with E-state index in [0.29, 0.717) is 11.5 Å². The molecule has 1 aliphatic carbocycles. The van der Waals surface area contributed by atoms with Gasteiger partial charge in [0, 0.05) is 25.7 Å². The second-order valence-corrected chi connectivity index (χ2v) is 5.07. The number of rotatable bonds is 5. The van der Waals surface area contributed by atoms with Crippen LogP contribution in [0, 0.1) is 0 Å². The first-order valence-corrected chi connectivity index (χ1v) is 6.20. The SMILES string of the molecule is CCCN=C(N)N(C)CC1(N(C)C)CCC1. The summed E-state index contributed by atoms with van der Waals surface area (Å²) in [6, 6.07) is 0. The summed E-state index contributed by atoms with van der Waals surface area (Å²) < 4.78 is 0. The molecule has 0 aromatic rings. The lowest BCUT2D eigenvalue weighted by molar-refractivity contribution is 0.0427. The molecule has 0 amide bonds. The van der Waals surface area contributed by atoms with E-state index in [2.05, 4.69) is 35.8 Å². The van der Waals surface area contributed by atoms with Crippen LogP contribution in [-0.2, 0) is 0 Å². The van der Waals surface area contributed by atoms with Gasteiger partial charge in [-0.05, 0) is 39.8 Å². The second kappa shape index (κ2) is 5.53. The number of nitrogens with zero attached hydrogens (tertiary/aromatic N) is 3. The van der Waals surface area contributed by atoms with E-state index in [9.17, 15) is 0 Å². The number of nitrogens with two attached hydrogens (primary N) is 1. The van der Waals surface area contributed by atoms with Crippen molar-refractivity contribution in [3.05, 3.63) is 0 Å². The van der Waals surface area contributed by atoms with Gasteiger partial charge in [0.05, 0.1) is 0 Å². The standard InChI is InChI=1S/C12H26N4/c1-5-9-14-11(13)16(4)10-12(15(2)3)7-6-8-12/h5-10H2,1-4H3,(H2,13,14). The molecule has 0 bridgehead atoms. The maximum Gasteiger partial charge on any atom is 0.191 e. The highest BCUT2D eigenvalue weighted by Gasteiger charge is 2.40. The third-order valence-electron chi connectivity index (χ3n) is 3.65. The van der Waals surface area contributed by atoms with Crippen molar-refractivity contribution < 1.29 is 0 Å². The molecule has 0 spiro atoms.